The van der Waals surface area contributed by atoms with Crippen molar-refractivity contribution >= 4 is 0 Å². The summed E-state index contributed by atoms with van der Waals surface area (Å²) in [7, 11) is 4.42. The van der Waals surface area contributed by atoms with Gasteiger partial charge in [-0.3, -0.25) is 0 Å². The van der Waals surface area contributed by atoms with Gasteiger partial charge in [-0.1, -0.05) is 26.2 Å². The second kappa shape index (κ2) is 7.29. The highest BCUT2D eigenvalue weighted by Crippen LogP contribution is 2.25. The first-order chi connectivity index (χ1) is 7.69. The number of hydrogen-bond donors (Lipinski definition) is 1. The SMILES string of the molecule is CCCC(C)N(C)CC1CCCCC1NC. The van der Waals surface area contributed by atoms with E-state index in [2.05, 4.69) is 38.2 Å². The van der Waals surface area contributed by atoms with Crippen molar-refractivity contribution < 1.29 is 0 Å². The van der Waals surface area contributed by atoms with Crippen molar-refractivity contribution in [1.29, 1.82) is 0 Å². The number of hydrogen-bond acceptors (Lipinski definition) is 2. The molecule has 0 heterocycles. The zero-order valence-electron chi connectivity index (χ0n) is 11.6. The molecule has 1 rings (SSSR count). The van der Waals surface area contributed by atoms with Crippen LogP contribution in [0, 0.1) is 5.92 Å². The summed E-state index contributed by atoms with van der Waals surface area (Å²) < 4.78 is 0. The van der Waals surface area contributed by atoms with Crippen molar-refractivity contribution in [3.8, 4) is 0 Å². The van der Waals surface area contributed by atoms with Crippen LogP contribution in [0.4, 0.5) is 0 Å². The first kappa shape index (κ1) is 14.0. The number of nitrogens with one attached hydrogen (secondary N) is 1. The first-order valence-corrected chi connectivity index (χ1v) is 7.06. The molecule has 0 aromatic carbocycles. The summed E-state index contributed by atoms with van der Waals surface area (Å²) in [4.78, 5) is 2.56. The molecule has 0 radical (unpaired) electrons. The zero-order valence-corrected chi connectivity index (χ0v) is 11.6. The molecule has 96 valence electrons. The fourth-order valence-electron chi connectivity index (χ4n) is 2.99. The van der Waals surface area contributed by atoms with Crippen LogP contribution >= 0.6 is 0 Å². The lowest BCUT2D eigenvalue weighted by Crippen LogP contribution is -2.44. The van der Waals surface area contributed by atoms with Crippen LogP contribution in [0.5, 0.6) is 0 Å². The van der Waals surface area contributed by atoms with Crippen LogP contribution in [-0.4, -0.2) is 37.6 Å². The van der Waals surface area contributed by atoms with Crippen molar-refractivity contribution in [2.75, 3.05) is 20.6 Å². The van der Waals surface area contributed by atoms with Gasteiger partial charge in [0.05, 0.1) is 0 Å². The van der Waals surface area contributed by atoms with E-state index in [4.69, 9.17) is 0 Å². The summed E-state index contributed by atoms with van der Waals surface area (Å²) in [5.41, 5.74) is 0. The standard InChI is InChI=1S/C14H30N2/c1-5-8-12(2)16(4)11-13-9-6-7-10-14(13)15-3/h12-15H,5-11H2,1-4H3. The third kappa shape index (κ3) is 4.06. The van der Waals surface area contributed by atoms with Gasteiger partial charge in [-0.25, -0.2) is 0 Å². The molecule has 0 spiro atoms. The Kier molecular flexibility index (Phi) is 6.37. The van der Waals surface area contributed by atoms with Crippen molar-refractivity contribution in [2.24, 2.45) is 5.92 Å². The monoisotopic (exact) mass is 226 g/mol. The van der Waals surface area contributed by atoms with Crippen LogP contribution < -0.4 is 5.32 Å². The summed E-state index contributed by atoms with van der Waals surface area (Å²) in [5, 5.41) is 3.50. The molecule has 2 nitrogen and oxygen atoms in total. The fourth-order valence-corrected chi connectivity index (χ4v) is 2.99. The van der Waals surface area contributed by atoms with Gasteiger partial charge in [0.15, 0.2) is 0 Å². The van der Waals surface area contributed by atoms with Crippen molar-refractivity contribution in [3.63, 3.8) is 0 Å². The summed E-state index contributed by atoms with van der Waals surface area (Å²) in [6, 6.07) is 1.49. The fraction of sp³-hybridized carbons (Fsp3) is 1.00. The van der Waals surface area contributed by atoms with E-state index in [1.54, 1.807) is 0 Å². The van der Waals surface area contributed by atoms with Crippen LogP contribution in [0.2, 0.25) is 0 Å². The summed E-state index contributed by atoms with van der Waals surface area (Å²) >= 11 is 0. The molecular formula is C14H30N2. The predicted octanol–water partition coefficient (Wildman–Crippen LogP) is 2.89. The van der Waals surface area contributed by atoms with E-state index in [0.717, 1.165) is 18.0 Å². The third-order valence-electron chi connectivity index (χ3n) is 4.26. The van der Waals surface area contributed by atoms with E-state index in [9.17, 15) is 0 Å². The topological polar surface area (TPSA) is 15.3 Å². The molecule has 0 bridgehead atoms. The lowest BCUT2D eigenvalue weighted by atomic mass is 9.84. The van der Waals surface area contributed by atoms with Crippen molar-refractivity contribution in [1.82, 2.24) is 10.2 Å². The molecule has 0 aromatic heterocycles. The molecule has 1 N–H and O–H groups in total. The Morgan fingerprint density at radius 3 is 2.62 bits per heavy atom. The van der Waals surface area contributed by atoms with Gasteiger partial charge in [0.2, 0.25) is 0 Å². The lowest BCUT2D eigenvalue weighted by Gasteiger charge is -2.36. The quantitative estimate of drug-likeness (QED) is 0.749. The minimum atomic E-state index is 0.740. The van der Waals surface area contributed by atoms with Gasteiger partial charge in [-0.2, -0.15) is 0 Å². The minimum Gasteiger partial charge on any atom is -0.317 e. The Balaban J connectivity index is 2.38. The van der Waals surface area contributed by atoms with E-state index < -0.39 is 0 Å². The Morgan fingerprint density at radius 2 is 2.00 bits per heavy atom. The van der Waals surface area contributed by atoms with Crippen LogP contribution in [0.25, 0.3) is 0 Å². The smallest absolute Gasteiger partial charge is 0.0104 e. The Morgan fingerprint density at radius 1 is 1.31 bits per heavy atom. The van der Waals surface area contributed by atoms with Crippen molar-refractivity contribution in [2.45, 2.75) is 64.5 Å². The average Bonchev–Trinajstić information content (AvgIpc) is 2.30. The number of rotatable bonds is 6. The molecule has 0 aliphatic heterocycles. The second-order valence-electron chi connectivity index (χ2n) is 5.52. The first-order valence-electron chi connectivity index (χ1n) is 7.06. The van der Waals surface area contributed by atoms with Crippen molar-refractivity contribution in [3.05, 3.63) is 0 Å². The van der Waals surface area contributed by atoms with E-state index in [-0.39, 0.29) is 0 Å². The van der Waals surface area contributed by atoms with Gasteiger partial charge in [0, 0.05) is 18.6 Å². The van der Waals surface area contributed by atoms with E-state index >= 15 is 0 Å². The molecule has 0 amide bonds. The molecule has 1 fully saturated rings. The third-order valence-corrected chi connectivity index (χ3v) is 4.26. The molecule has 1 aliphatic carbocycles. The molecule has 1 aliphatic rings. The zero-order chi connectivity index (χ0) is 12.0. The molecular weight excluding hydrogens is 196 g/mol. The molecule has 1 saturated carbocycles. The Hall–Kier alpha value is -0.0800. The van der Waals surface area contributed by atoms with Crippen LogP contribution in [0.15, 0.2) is 0 Å². The normalized spacial score (nSPS) is 28.3. The van der Waals surface area contributed by atoms with Gasteiger partial charge in [-0.05, 0) is 46.2 Å². The van der Waals surface area contributed by atoms with Gasteiger partial charge < -0.3 is 10.2 Å². The molecule has 16 heavy (non-hydrogen) atoms. The van der Waals surface area contributed by atoms with Gasteiger partial charge in [0.25, 0.3) is 0 Å². The summed E-state index contributed by atoms with van der Waals surface area (Å²) in [6.45, 7) is 5.91. The summed E-state index contributed by atoms with van der Waals surface area (Å²) in [5.74, 6) is 0.864. The van der Waals surface area contributed by atoms with Crippen LogP contribution in [0.1, 0.15) is 52.4 Å². The molecule has 0 saturated heterocycles. The predicted molar refractivity (Wildman–Crippen MR) is 71.8 cm³/mol. The van der Waals surface area contributed by atoms with E-state index in [1.807, 2.05) is 0 Å². The second-order valence-corrected chi connectivity index (χ2v) is 5.52. The Bertz CT molecular complexity index is 182. The summed E-state index contributed by atoms with van der Waals surface area (Å²) in [6.07, 6.45) is 8.25. The van der Waals surface area contributed by atoms with E-state index in [0.29, 0.717) is 0 Å². The average molecular weight is 226 g/mol. The number of nitrogens with zero attached hydrogens (tertiary/aromatic N) is 1. The highest BCUT2D eigenvalue weighted by Gasteiger charge is 2.25. The van der Waals surface area contributed by atoms with Gasteiger partial charge in [-0.15, -0.1) is 0 Å². The lowest BCUT2D eigenvalue weighted by molar-refractivity contribution is 0.159. The Labute approximate surface area is 102 Å². The molecule has 3 unspecified atom stereocenters. The minimum absolute atomic E-state index is 0.740. The molecule has 3 atom stereocenters. The van der Waals surface area contributed by atoms with Gasteiger partial charge in [0.1, 0.15) is 0 Å². The molecule has 0 aromatic rings. The van der Waals surface area contributed by atoms with E-state index in [1.165, 1.54) is 45.1 Å². The van der Waals surface area contributed by atoms with Crippen LogP contribution in [-0.2, 0) is 0 Å². The van der Waals surface area contributed by atoms with Crippen LogP contribution in [0.3, 0.4) is 0 Å². The highest BCUT2D eigenvalue weighted by molar-refractivity contribution is 4.82. The largest absolute Gasteiger partial charge is 0.317 e. The maximum absolute atomic E-state index is 3.50. The molecule has 2 heteroatoms. The maximum Gasteiger partial charge on any atom is 0.0104 e. The maximum atomic E-state index is 3.50. The van der Waals surface area contributed by atoms with Gasteiger partial charge >= 0.3 is 0 Å². The highest BCUT2D eigenvalue weighted by atomic mass is 15.1.